The van der Waals surface area contributed by atoms with Crippen molar-refractivity contribution in [1.82, 2.24) is 4.98 Å². The van der Waals surface area contributed by atoms with E-state index in [1.54, 1.807) is 19.1 Å². The van der Waals surface area contributed by atoms with E-state index in [1.165, 1.54) is 18.3 Å². The van der Waals surface area contributed by atoms with Crippen molar-refractivity contribution in [3.05, 3.63) is 58.1 Å². The van der Waals surface area contributed by atoms with Crippen LogP contribution < -0.4 is 5.32 Å². The van der Waals surface area contributed by atoms with E-state index >= 15 is 0 Å². The summed E-state index contributed by atoms with van der Waals surface area (Å²) in [5.41, 5.74) is 1.25. The van der Waals surface area contributed by atoms with Crippen LogP contribution >= 0.6 is 11.6 Å². The minimum absolute atomic E-state index is 0.144. The number of ether oxygens (including phenoxy) is 1. The van der Waals surface area contributed by atoms with Crippen molar-refractivity contribution in [2.24, 2.45) is 5.41 Å². The second kappa shape index (κ2) is 6.55. The van der Waals surface area contributed by atoms with E-state index in [0.29, 0.717) is 34.9 Å². The Morgan fingerprint density at radius 1 is 1.36 bits per heavy atom. The highest BCUT2D eigenvalue weighted by atomic mass is 35.5. The van der Waals surface area contributed by atoms with Crippen molar-refractivity contribution < 1.29 is 13.9 Å². The lowest BCUT2D eigenvalue weighted by Gasteiger charge is -2.42. The largest absolute Gasteiger partial charge is 0.480 e. The number of amides is 1. The molecule has 1 aromatic carbocycles. The maximum atomic E-state index is 14.8. The zero-order valence-corrected chi connectivity index (χ0v) is 16.5. The number of hydrogen-bond donors (Lipinski definition) is 2. The number of pyridine rings is 1. The molecule has 5 nitrogen and oxygen atoms in total. The Morgan fingerprint density at radius 2 is 2.11 bits per heavy atom. The number of carbonyl (C=O) groups is 1. The molecule has 1 amide bonds. The van der Waals surface area contributed by atoms with Gasteiger partial charge in [0.2, 0.25) is 0 Å². The summed E-state index contributed by atoms with van der Waals surface area (Å²) in [5.74, 6) is -0.533. The third-order valence-electron chi connectivity index (χ3n) is 6.14. The topological polar surface area (TPSA) is 75.1 Å². The first kappa shape index (κ1) is 18.9. The minimum atomic E-state index is -0.540. The van der Waals surface area contributed by atoms with Gasteiger partial charge in [-0.25, -0.2) is 9.37 Å². The summed E-state index contributed by atoms with van der Waals surface area (Å²) >= 11 is 5.90. The van der Waals surface area contributed by atoms with Gasteiger partial charge >= 0.3 is 0 Å². The van der Waals surface area contributed by atoms with E-state index in [-0.39, 0.29) is 28.7 Å². The van der Waals surface area contributed by atoms with Crippen molar-refractivity contribution >= 4 is 29.1 Å². The molecule has 2 N–H and O–H groups in total. The predicted octanol–water partition coefficient (Wildman–Crippen LogP) is 4.87. The normalized spacial score (nSPS) is 22.6. The summed E-state index contributed by atoms with van der Waals surface area (Å²) in [6.07, 6.45) is 3.66. The fourth-order valence-corrected chi connectivity index (χ4v) is 4.38. The molecule has 0 radical (unpaired) electrons. The summed E-state index contributed by atoms with van der Waals surface area (Å²) in [6.45, 7) is 4.19. The number of rotatable bonds is 3. The Hall–Kier alpha value is -2.47. The number of nitrogens with one attached hydrogen (secondary N) is 2. The highest BCUT2D eigenvalue weighted by Crippen LogP contribution is 2.63. The van der Waals surface area contributed by atoms with Gasteiger partial charge in [0, 0.05) is 29.1 Å². The maximum absolute atomic E-state index is 14.8. The van der Waals surface area contributed by atoms with E-state index in [0.717, 1.165) is 12.8 Å². The van der Waals surface area contributed by atoms with Crippen molar-refractivity contribution in [3.8, 4) is 0 Å². The molecule has 1 aromatic heterocycles. The number of aryl methyl sites for hydroxylation is 1. The summed E-state index contributed by atoms with van der Waals surface area (Å²) < 4.78 is 20.3. The number of hydrogen-bond acceptors (Lipinski definition) is 4. The number of nitrogens with zero attached hydrogens (tertiary/aromatic N) is 1. The average Bonchev–Trinajstić information content (AvgIpc) is 3.41. The molecular formula is C21H21ClFN3O2. The quantitative estimate of drug-likeness (QED) is 0.770. The van der Waals surface area contributed by atoms with Gasteiger partial charge < -0.3 is 10.1 Å². The molecule has 1 saturated heterocycles. The number of carbonyl (C=O) groups excluding carboxylic acids is 1. The average molecular weight is 402 g/mol. The Labute approximate surface area is 167 Å². The van der Waals surface area contributed by atoms with E-state index in [1.807, 2.05) is 6.92 Å². The molecule has 1 aliphatic carbocycles. The van der Waals surface area contributed by atoms with Crippen molar-refractivity contribution in [2.75, 3.05) is 11.9 Å². The van der Waals surface area contributed by atoms with Crippen molar-refractivity contribution in [3.63, 3.8) is 0 Å². The van der Waals surface area contributed by atoms with Gasteiger partial charge in [0.1, 0.15) is 11.5 Å². The molecule has 2 fully saturated rings. The SMILES string of the molecule is Cc1cc(Cl)cnc1C(=O)Nc1ccc(F)c([C@@]2(C)CC(=N)OCC23CC3)c1. The molecule has 1 atom stereocenters. The van der Waals surface area contributed by atoms with Crippen molar-refractivity contribution in [1.29, 1.82) is 5.41 Å². The molecule has 28 heavy (non-hydrogen) atoms. The molecular weight excluding hydrogens is 381 g/mol. The fraction of sp³-hybridized carbons (Fsp3) is 0.381. The van der Waals surface area contributed by atoms with E-state index < -0.39 is 5.41 Å². The Balaban J connectivity index is 1.66. The van der Waals surface area contributed by atoms with E-state index in [2.05, 4.69) is 10.3 Å². The molecule has 1 spiro atoms. The highest BCUT2D eigenvalue weighted by molar-refractivity contribution is 6.30. The third-order valence-corrected chi connectivity index (χ3v) is 6.35. The maximum Gasteiger partial charge on any atom is 0.274 e. The first-order valence-corrected chi connectivity index (χ1v) is 9.56. The van der Waals surface area contributed by atoms with Crippen LogP contribution in [0.3, 0.4) is 0 Å². The van der Waals surface area contributed by atoms with Crippen LogP contribution in [0.5, 0.6) is 0 Å². The molecule has 1 aliphatic heterocycles. The minimum Gasteiger partial charge on any atom is -0.480 e. The van der Waals surface area contributed by atoms with Crippen LogP contribution in [0.2, 0.25) is 5.02 Å². The van der Waals surface area contributed by atoms with Crippen LogP contribution in [-0.2, 0) is 10.2 Å². The molecule has 4 rings (SSSR count). The standard InChI is InChI=1S/C21H21ClFN3O2/c1-12-7-13(22)10-25-18(12)19(27)26-14-3-4-16(23)15(8-14)20(2)9-17(24)28-11-21(20)5-6-21/h3-4,7-8,10,24H,5-6,9,11H2,1-2H3,(H,26,27)/t20-/m1/s1. The molecule has 146 valence electrons. The van der Waals surface area contributed by atoms with E-state index in [4.69, 9.17) is 21.7 Å². The Bertz CT molecular complexity index is 990. The first-order chi connectivity index (χ1) is 13.2. The van der Waals surface area contributed by atoms with Crippen LogP contribution in [0.4, 0.5) is 10.1 Å². The number of aromatic nitrogens is 1. The van der Waals surface area contributed by atoms with Gasteiger partial charge in [-0.05, 0) is 55.2 Å². The first-order valence-electron chi connectivity index (χ1n) is 9.18. The summed E-state index contributed by atoms with van der Waals surface area (Å²) in [5, 5.41) is 11.2. The lowest BCUT2D eigenvalue weighted by atomic mass is 9.66. The van der Waals surface area contributed by atoms with Gasteiger partial charge in [0.05, 0.1) is 11.6 Å². The number of anilines is 1. The van der Waals surface area contributed by atoms with Crippen LogP contribution in [0.25, 0.3) is 0 Å². The van der Waals surface area contributed by atoms with Gasteiger partial charge in [-0.3, -0.25) is 10.2 Å². The number of benzene rings is 1. The van der Waals surface area contributed by atoms with Gasteiger partial charge in [0.15, 0.2) is 5.90 Å². The van der Waals surface area contributed by atoms with E-state index in [9.17, 15) is 9.18 Å². The molecule has 2 aromatic rings. The molecule has 0 bridgehead atoms. The Morgan fingerprint density at radius 3 is 2.79 bits per heavy atom. The van der Waals surface area contributed by atoms with Gasteiger partial charge in [0.25, 0.3) is 5.91 Å². The van der Waals surface area contributed by atoms with Crippen LogP contribution in [-0.4, -0.2) is 23.4 Å². The third kappa shape index (κ3) is 3.05. The van der Waals surface area contributed by atoms with Crippen LogP contribution in [0.15, 0.2) is 30.5 Å². The lowest BCUT2D eigenvalue weighted by Crippen LogP contribution is -2.44. The highest BCUT2D eigenvalue weighted by Gasteiger charge is 2.61. The molecule has 2 heterocycles. The zero-order valence-electron chi connectivity index (χ0n) is 15.7. The molecule has 7 heteroatoms. The zero-order chi connectivity index (χ0) is 20.1. The lowest BCUT2D eigenvalue weighted by molar-refractivity contribution is 0.0994. The smallest absolute Gasteiger partial charge is 0.274 e. The van der Waals surface area contributed by atoms with Crippen molar-refractivity contribution in [2.45, 2.75) is 38.5 Å². The summed E-state index contributed by atoms with van der Waals surface area (Å²) in [6, 6.07) is 6.26. The Kier molecular flexibility index (Phi) is 4.42. The van der Waals surface area contributed by atoms with Crippen LogP contribution in [0, 0.1) is 23.6 Å². The predicted molar refractivity (Wildman–Crippen MR) is 106 cm³/mol. The number of halogens is 2. The van der Waals surface area contributed by atoms with Crippen LogP contribution in [0.1, 0.15) is 47.8 Å². The molecule has 1 saturated carbocycles. The van der Waals surface area contributed by atoms with Gasteiger partial charge in [-0.1, -0.05) is 18.5 Å². The van der Waals surface area contributed by atoms with Gasteiger partial charge in [-0.2, -0.15) is 0 Å². The second-order valence-electron chi connectivity index (χ2n) is 7.97. The monoisotopic (exact) mass is 401 g/mol. The van der Waals surface area contributed by atoms with Gasteiger partial charge in [-0.15, -0.1) is 0 Å². The summed E-state index contributed by atoms with van der Waals surface area (Å²) in [7, 11) is 0. The molecule has 0 unspecified atom stereocenters. The second-order valence-corrected chi connectivity index (χ2v) is 8.41. The summed E-state index contributed by atoms with van der Waals surface area (Å²) in [4.78, 5) is 16.7. The molecule has 2 aliphatic rings. The fourth-order valence-electron chi connectivity index (χ4n) is 4.17.